The van der Waals surface area contributed by atoms with E-state index in [0.717, 1.165) is 16.7 Å². The Kier molecular flexibility index (Phi) is 7.70. The van der Waals surface area contributed by atoms with Crippen LogP contribution in [0.2, 0.25) is 0 Å². The predicted octanol–water partition coefficient (Wildman–Crippen LogP) is 7.77. The SMILES string of the molecule is CNC(=O)c1c(-c2ccc(F)cc2)oc2ccc(-c3ccc(-c4cc(C)cc(F)c4)c(C(=O)NCC(C)C)c3)cc12. The molecule has 0 spiro atoms. The second-order valence-corrected chi connectivity index (χ2v) is 10.5. The van der Waals surface area contributed by atoms with Gasteiger partial charge in [-0.15, -0.1) is 0 Å². The summed E-state index contributed by atoms with van der Waals surface area (Å²) in [5, 5.41) is 6.22. The van der Waals surface area contributed by atoms with Crippen LogP contribution in [-0.4, -0.2) is 25.4 Å². The zero-order chi connectivity index (χ0) is 29.3. The molecule has 0 saturated heterocycles. The predicted molar refractivity (Wildman–Crippen MR) is 158 cm³/mol. The van der Waals surface area contributed by atoms with Gasteiger partial charge in [0.2, 0.25) is 0 Å². The Bertz CT molecular complexity index is 1750. The molecule has 0 fully saturated rings. The van der Waals surface area contributed by atoms with Crippen LogP contribution in [0.3, 0.4) is 0 Å². The molecule has 0 bridgehead atoms. The number of benzene rings is 4. The molecule has 5 nitrogen and oxygen atoms in total. The van der Waals surface area contributed by atoms with Gasteiger partial charge in [0.25, 0.3) is 11.8 Å². The molecule has 41 heavy (non-hydrogen) atoms. The van der Waals surface area contributed by atoms with E-state index in [-0.39, 0.29) is 23.5 Å². The number of halogens is 2. The zero-order valence-electron chi connectivity index (χ0n) is 23.3. The fourth-order valence-corrected chi connectivity index (χ4v) is 4.88. The molecule has 0 aliphatic rings. The van der Waals surface area contributed by atoms with E-state index in [0.29, 0.717) is 51.1 Å². The molecule has 0 atom stereocenters. The highest BCUT2D eigenvalue weighted by atomic mass is 19.1. The molecule has 1 heterocycles. The summed E-state index contributed by atoms with van der Waals surface area (Å²) in [6.45, 7) is 6.33. The van der Waals surface area contributed by atoms with Crippen LogP contribution in [0.5, 0.6) is 0 Å². The topological polar surface area (TPSA) is 71.3 Å². The minimum absolute atomic E-state index is 0.254. The van der Waals surface area contributed by atoms with Gasteiger partial charge in [-0.05, 0) is 95.3 Å². The number of amides is 2. The van der Waals surface area contributed by atoms with Gasteiger partial charge in [-0.3, -0.25) is 9.59 Å². The first-order valence-electron chi connectivity index (χ1n) is 13.4. The van der Waals surface area contributed by atoms with Crippen LogP contribution < -0.4 is 10.6 Å². The Hall–Kier alpha value is -4.78. The summed E-state index contributed by atoms with van der Waals surface area (Å²) in [6, 6.07) is 21.4. The number of hydrogen-bond donors (Lipinski definition) is 2. The van der Waals surface area contributed by atoms with E-state index in [1.165, 1.54) is 31.3 Å². The van der Waals surface area contributed by atoms with Crippen molar-refractivity contribution in [1.82, 2.24) is 10.6 Å². The molecular weight excluding hydrogens is 522 g/mol. The zero-order valence-corrected chi connectivity index (χ0v) is 23.3. The number of carbonyl (C=O) groups is 2. The molecule has 0 saturated carbocycles. The van der Waals surface area contributed by atoms with Gasteiger partial charge in [-0.1, -0.05) is 38.1 Å². The molecule has 2 amide bonds. The molecule has 7 heteroatoms. The Labute approximate surface area is 237 Å². The number of carbonyl (C=O) groups excluding carboxylic acids is 2. The maximum Gasteiger partial charge on any atom is 0.255 e. The van der Waals surface area contributed by atoms with Crippen LogP contribution in [0, 0.1) is 24.5 Å². The highest BCUT2D eigenvalue weighted by Gasteiger charge is 2.23. The Balaban J connectivity index is 1.65. The first-order valence-corrected chi connectivity index (χ1v) is 13.4. The third kappa shape index (κ3) is 5.75. The molecule has 5 aromatic rings. The van der Waals surface area contributed by atoms with Gasteiger partial charge in [0.15, 0.2) is 0 Å². The van der Waals surface area contributed by atoms with Crippen LogP contribution >= 0.6 is 0 Å². The van der Waals surface area contributed by atoms with Gasteiger partial charge < -0.3 is 15.1 Å². The Morgan fingerprint density at radius 2 is 1.46 bits per heavy atom. The lowest BCUT2D eigenvalue weighted by molar-refractivity contribution is 0.0946. The van der Waals surface area contributed by atoms with Crippen LogP contribution in [0.4, 0.5) is 8.78 Å². The van der Waals surface area contributed by atoms with Crippen LogP contribution in [-0.2, 0) is 0 Å². The molecular formula is C34H30F2N2O3. The van der Waals surface area contributed by atoms with E-state index in [4.69, 9.17) is 4.42 Å². The van der Waals surface area contributed by atoms with Crippen molar-refractivity contribution in [1.29, 1.82) is 0 Å². The Morgan fingerprint density at radius 3 is 2.15 bits per heavy atom. The molecule has 4 aromatic carbocycles. The summed E-state index contributed by atoms with van der Waals surface area (Å²) in [5.74, 6) is -0.774. The van der Waals surface area contributed by atoms with Gasteiger partial charge >= 0.3 is 0 Å². The lowest BCUT2D eigenvalue weighted by Gasteiger charge is -2.15. The summed E-state index contributed by atoms with van der Waals surface area (Å²) < 4.78 is 33.9. The summed E-state index contributed by atoms with van der Waals surface area (Å²) in [6.07, 6.45) is 0. The van der Waals surface area contributed by atoms with Crippen molar-refractivity contribution in [3.05, 3.63) is 107 Å². The smallest absolute Gasteiger partial charge is 0.255 e. The standard InChI is InChI=1S/C34H30F2N2O3/c1-19(2)18-38-33(39)28-16-22(7-11-27(28)24-13-20(3)14-26(36)15-24)23-8-12-30-29(17-23)31(34(40)37-4)32(41-30)21-5-9-25(35)10-6-21/h5-17,19H,18H2,1-4H3,(H,37,40)(H,38,39). The average Bonchev–Trinajstić information content (AvgIpc) is 3.33. The maximum atomic E-state index is 14.3. The average molecular weight is 553 g/mol. The third-order valence-electron chi connectivity index (χ3n) is 6.87. The van der Waals surface area contributed by atoms with E-state index >= 15 is 0 Å². The first kappa shape index (κ1) is 27.8. The van der Waals surface area contributed by atoms with Crippen molar-refractivity contribution in [3.63, 3.8) is 0 Å². The van der Waals surface area contributed by atoms with Gasteiger partial charge in [0.05, 0.1) is 5.56 Å². The van der Waals surface area contributed by atoms with Gasteiger partial charge in [0.1, 0.15) is 23.0 Å². The van der Waals surface area contributed by atoms with Crippen molar-refractivity contribution in [2.24, 2.45) is 5.92 Å². The lowest BCUT2D eigenvalue weighted by Crippen LogP contribution is -2.27. The minimum atomic E-state index is -0.390. The molecule has 5 rings (SSSR count). The van der Waals surface area contributed by atoms with Crippen molar-refractivity contribution in [3.8, 4) is 33.6 Å². The molecule has 0 radical (unpaired) electrons. The van der Waals surface area contributed by atoms with Crippen molar-refractivity contribution in [2.45, 2.75) is 20.8 Å². The Morgan fingerprint density at radius 1 is 0.780 bits per heavy atom. The quantitative estimate of drug-likeness (QED) is 0.217. The molecule has 1 aromatic heterocycles. The van der Waals surface area contributed by atoms with Crippen LogP contribution in [0.15, 0.2) is 83.3 Å². The van der Waals surface area contributed by atoms with E-state index < -0.39 is 5.82 Å². The van der Waals surface area contributed by atoms with E-state index in [9.17, 15) is 18.4 Å². The summed E-state index contributed by atoms with van der Waals surface area (Å²) in [5.41, 5.74) is 5.29. The summed E-state index contributed by atoms with van der Waals surface area (Å²) >= 11 is 0. The van der Waals surface area contributed by atoms with Gasteiger partial charge in [0, 0.05) is 30.1 Å². The summed E-state index contributed by atoms with van der Waals surface area (Å²) in [4.78, 5) is 26.4. The van der Waals surface area contributed by atoms with E-state index in [1.807, 2.05) is 51.1 Å². The fourth-order valence-electron chi connectivity index (χ4n) is 4.88. The van der Waals surface area contributed by atoms with Crippen molar-refractivity contribution >= 4 is 22.8 Å². The van der Waals surface area contributed by atoms with Crippen molar-refractivity contribution in [2.75, 3.05) is 13.6 Å². The van der Waals surface area contributed by atoms with E-state index in [1.54, 1.807) is 24.3 Å². The number of nitrogens with one attached hydrogen (secondary N) is 2. The van der Waals surface area contributed by atoms with Crippen LogP contribution in [0.25, 0.3) is 44.5 Å². The van der Waals surface area contributed by atoms with Crippen LogP contribution in [0.1, 0.15) is 40.1 Å². The minimum Gasteiger partial charge on any atom is -0.455 e. The second kappa shape index (κ2) is 11.4. The number of rotatable bonds is 7. The van der Waals surface area contributed by atoms with Gasteiger partial charge in [-0.25, -0.2) is 8.78 Å². The normalized spacial score (nSPS) is 11.2. The van der Waals surface area contributed by atoms with E-state index in [2.05, 4.69) is 10.6 Å². The molecule has 2 N–H and O–H groups in total. The highest BCUT2D eigenvalue weighted by Crippen LogP contribution is 2.37. The number of fused-ring (bicyclic) bond motifs is 1. The maximum absolute atomic E-state index is 14.3. The molecule has 0 unspecified atom stereocenters. The molecule has 208 valence electrons. The lowest BCUT2D eigenvalue weighted by atomic mass is 9.93. The first-order chi connectivity index (χ1) is 19.6. The third-order valence-corrected chi connectivity index (χ3v) is 6.87. The largest absolute Gasteiger partial charge is 0.455 e. The van der Waals surface area contributed by atoms with Gasteiger partial charge in [-0.2, -0.15) is 0 Å². The molecule has 0 aliphatic carbocycles. The number of furan rings is 1. The number of aryl methyl sites for hydroxylation is 1. The monoisotopic (exact) mass is 552 g/mol. The summed E-state index contributed by atoms with van der Waals surface area (Å²) in [7, 11) is 1.54. The number of hydrogen-bond acceptors (Lipinski definition) is 3. The second-order valence-electron chi connectivity index (χ2n) is 10.5. The highest BCUT2D eigenvalue weighted by molar-refractivity contribution is 6.12. The molecule has 0 aliphatic heterocycles. The van der Waals surface area contributed by atoms with Crippen molar-refractivity contribution < 1.29 is 22.8 Å². The fraction of sp³-hybridized carbons (Fsp3) is 0.176.